The molecular weight excluding hydrogens is 268 g/mol. The molecule has 1 aliphatic heterocycles. The molecule has 0 amide bonds. The predicted octanol–water partition coefficient (Wildman–Crippen LogP) is 4.11. The van der Waals surface area contributed by atoms with Crippen molar-refractivity contribution in [2.24, 2.45) is 5.92 Å². The average Bonchev–Trinajstić information content (AvgIpc) is 2.46. The van der Waals surface area contributed by atoms with Gasteiger partial charge < -0.3 is 10.2 Å². The third-order valence-corrected chi connectivity index (χ3v) is 4.87. The van der Waals surface area contributed by atoms with E-state index in [-0.39, 0.29) is 0 Å². The van der Waals surface area contributed by atoms with Gasteiger partial charge in [-0.1, -0.05) is 30.7 Å². The van der Waals surface area contributed by atoms with Gasteiger partial charge in [0.25, 0.3) is 0 Å². The Morgan fingerprint density at radius 2 is 1.85 bits per heavy atom. The van der Waals surface area contributed by atoms with Crippen molar-refractivity contribution in [3.63, 3.8) is 0 Å². The van der Waals surface area contributed by atoms with Crippen LogP contribution in [-0.4, -0.2) is 31.1 Å². The summed E-state index contributed by atoms with van der Waals surface area (Å²) in [5.74, 6) is 0.799. The Balaban J connectivity index is 1.93. The van der Waals surface area contributed by atoms with Crippen molar-refractivity contribution in [1.29, 1.82) is 0 Å². The van der Waals surface area contributed by atoms with Crippen LogP contribution >= 0.6 is 11.6 Å². The van der Waals surface area contributed by atoms with Gasteiger partial charge in [0.05, 0.1) is 0 Å². The summed E-state index contributed by atoms with van der Waals surface area (Å²) in [6.07, 6.45) is 3.72. The van der Waals surface area contributed by atoms with Crippen LogP contribution in [0.1, 0.15) is 44.7 Å². The minimum Gasteiger partial charge on any atom is -0.307 e. The summed E-state index contributed by atoms with van der Waals surface area (Å²) in [6.45, 7) is 7.05. The molecule has 1 aromatic rings. The van der Waals surface area contributed by atoms with Gasteiger partial charge in [0.15, 0.2) is 0 Å². The van der Waals surface area contributed by atoms with Gasteiger partial charge in [-0.3, -0.25) is 0 Å². The molecule has 0 aliphatic carbocycles. The number of likely N-dealkylation sites (tertiary alicyclic amines) is 1. The van der Waals surface area contributed by atoms with Gasteiger partial charge in [-0.05, 0) is 69.9 Å². The van der Waals surface area contributed by atoms with E-state index in [1.165, 1.54) is 31.5 Å². The van der Waals surface area contributed by atoms with Crippen molar-refractivity contribution in [3.8, 4) is 0 Å². The molecule has 1 fully saturated rings. The van der Waals surface area contributed by atoms with E-state index in [9.17, 15) is 0 Å². The SMILES string of the molecule is CCC(NC(C)C1CCN(C)CC1)c1ccc(Cl)cc1. The smallest absolute Gasteiger partial charge is 0.0406 e. The molecule has 1 aromatic carbocycles. The number of benzene rings is 1. The van der Waals surface area contributed by atoms with Crippen molar-refractivity contribution in [2.45, 2.75) is 45.2 Å². The fourth-order valence-corrected chi connectivity index (χ4v) is 3.25. The third-order valence-electron chi connectivity index (χ3n) is 4.62. The second-order valence-corrected chi connectivity index (χ2v) is 6.54. The predicted molar refractivity (Wildman–Crippen MR) is 87.3 cm³/mol. The summed E-state index contributed by atoms with van der Waals surface area (Å²) >= 11 is 5.98. The highest BCUT2D eigenvalue weighted by molar-refractivity contribution is 6.30. The number of rotatable bonds is 5. The second-order valence-electron chi connectivity index (χ2n) is 6.11. The van der Waals surface area contributed by atoms with Crippen molar-refractivity contribution in [2.75, 3.05) is 20.1 Å². The molecule has 2 nitrogen and oxygen atoms in total. The first-order valence-corrected chi connectivity index (χ1v) is 8.18. The van der Waals surface area contributed by atoms with Gasteiger partial charge in [-0.25, -0.2) is 0 Å². The van der Waals surface area contributed by atoms with E-state index in [2.05, 4.69) is 43.2 Å². The van der Waals surface area contributed by atoms with Gasteiger partial charge >= 0.3 is 0 Å². The van der Waals surface area contributed by atoms with E-state index in [4.69, 9.17) is 11.6 Å². The van der Waals surface area contributed by atoms with Gasteiger partial charge in [0.2, 0.25) is 0 Å². The Morgan fingerprint density at radius 1 is 1.25 bits per heavy atom. The standard InChI is InChI=1S/C17H27ClN2/c1-4-17(15-5-7-16(18)8-6-15)19-13(2)14-9-11-20(3)12-10-14/h5-8,13-14,17,19H,4,9-12H2,1-3H3. The zero-order chi connectivity index (χ0) is 14.5. The van der Waals surface area contributed by atoms with Crippen LogP contribution in [-0.2, 0) is 0 Å². The first-order valence-electron chi connectivity index (χ1n) is 7.80. The van der Waals surface area contributed by atoms with Crippen LogP contribution in [0.5, 0.6) is 0 Å². The molecule has 0 aromatic heterocycles. The zero-order valence-electron chi connectivity index (χ0n) is 12.9. The van der Waals surface area contributed by atoms with Crippen molar-refractivity contribution in [1.82, 2.24) is 10.2 Å². The molecule has 1 N–H and O–H groups in total. The molecule has 3 heteroatoms. The molecule has 0 bridgehead atoms. The zero-order valence-corrected chi connectivity index (χ0v) is 13.7. The Morgan fingerprint density at radius 3 is 2.40 bits per heavy atom. The van der Waals surface area contributed by atoms with Crippen LogP contribution in [0.4, 0.5) is 0 Å². The van der Waals surface area contributed by atoms with E-state index in [1.807, 2.05) is 12.1 Å². The van der Waals surface area contributed by atoms with Gasteiger partial charge in [-0.15, -0.1) is 0 Å². The quantitative estimate of drug-likeness (QED) is 0.879. The molecule has 2 rings (SSSR count). The van der Waals surface area contributed by atoms with Gasteiger partial charge in [0, 0.05) is 17.1 Å². The maximum absolute atomic E-state index is 5.98. The van der Waals surface area contributed by atoms with Gasteiger partial charge in [0.1, 0.15) is 0 Å². The Kier molecular flexibility index (Phi) is 5.88. The molecule has 20 heavy (non-hydrogen) atoms. The lowest BCUT2D eigenvalue weighted by Gasteiger charge is -2.35. The summed E-state index contributed by atoms with van der Waals surface area (Å²) in [5, 5.41) is 4.64. The highest BCUT2D eigenvalue weighted by Gasteiger charge is 2.24. The number of hydrogen-bond donors (Lipinski definition) is 1. The first-order chi connectivity index (χ1) is 9.60. The van der Waals surface area contributed by atoms with Crippen LogP contribution in [0.15, 0.2) is 24.3 Å². The highest BCUT2D eigenvalue weighted by atomic mass is 35.5. The lowest BCUT2D eigenvalue weighted by molar-refractivity contribution is 0.183. The van der Waals surface area contributed by atoms with Crippen LogP contribution in [0.25, 0.3) is 0 Å². The summed E-state index contributed by atoms with van der Waals surface area (Å²) in [6, 6.07) is 9.27. The van der Waals surface area contributed by atoms with E-state index in [0.29, 0.717) is 12.1 Å². The Hall–Kier alpha value is -0.570. The molecule has 1 heterocycles. The largest absolute Gasteiger partial charge is 0.307 e. The topological polar surface area (TPSA) is 15.3 Å². The summed E-state index contributed by atoms with van der Waals surface area (Å²) < 4.78 is 0. The molecule has 2 unspecified atom stereocenters. The fourth-order valence-electron chi connectivity index (χ4n) is 3.13. The number of hydrogen-bond acceptors (Lipinski definition) is 2. The summed E-state index contributed by atoms with van der Waals surface area (Å²) in [5.41, 5.74) is 1.34. The maximum atomic E-state index is 5.98. The Bertz CT molecular complexity index is 396. The molecular formula is C17H27ClN2. The molecule has 1 saturated heterocycles. The number of piperidine rings is 1. The van der Waals surface area contributed by atoms with E-state index < -0.39 is 0 Å². The van der Waals surface area contributed by atoms with Crippen LogP contribution < -0.4 is 5.32 Å². The second kappa shape index (κ2) is 7.44. The molecule has 0 radical (unpaired) electrons. The molecule has 2 atom stereocenters. The summed E-state index contributed by atoms with van der Waals surface area (Å²) in [4.78, 5) is 2.43. The van der Waals surface area contributed by atoms with Crippen LogP contribution in [0, 0.1) is 5.92 Å². The molecule has 112 valence electrons. The summed E-state index contributed by atoms with van der Waals surface area (Å²) in [7, 11) is 2.22. The molecule has 0 saturated carbocycles. The first kappa shape index (κ1) is 15.8. The minimum absolute atomic E-state index is 0.432. The highest BCUT2D eigenvalue weighted by Crippen LogP contribution is 2.24. The van der Waals surface area contributed by atoms with Crippen molar-refractivity contribution in [3.05, 3.63) is 34.9 Å². The van der Waals surface area contributed by atoms with E-state index in [1.54, 1.807) is 0 Å². The van der Waals surface area contributed by atoms with Crippen LogP contribution in [0.3, 0.4) is 0 Å². The number of halogens is 1. The lowest BCUT2D eigenvalue weighted by atomic mass is 9.89. The third kappa shape index (κ3) is 4.21. The minimum atomic E-state index is 0.432. The number of nitrogens with zero attached hydrogens (tertiary/aromatic N) is 1. The Labute approximate surface area is 128 Å². The fraction of sp³-hybridized carbons (Fsp3) is 0.647. The van der Waals surface area contributed by atoms with Crippen LogP contribution in [0.2, 0.25) is 5.02 Å². The van der Waals surface area contributed by atoms with E-state index in [0.717, 1.165) is 17.4 Å². The maximum Gasteiger partial charge on any atom is 0.0406 e. The van der Waals surface area contributed by atoms with E-state index >= 15 is 0 Å². The van der Waals surface area contributed by atoms with Crippen molar-refractivity contribution >= 4 is 11.6 Å². The monoisotopic (exact) mass is 294 g/mol. The molecule has 1 aliphatic rings. The lowest BCUT2D eigenvalue weighted by Crippen LogP contribution is -2.41. The van der Waals surface area contributed by atoms with Crippen molar-refractivity contribution < 1.29 is 0 Å². The average molecular weight is 295 g/mol. The van der Waals surface area contributed by atoms with Gasteiger partial charge in [-0.2, -0.15) is 0 Å². The normalized spacial score (nSPS) is 20.8. The molecule has 0 spiro atoms. The number of nitrogens with one attached hydrogen (secondary N) is 1.